The van der Waals surface area contributed by atoms with Crippen molar-refractivity contribution in [3.63, 3.8) is 0 Å². The minimum Gasteiger partial charge on any atom is -0.872 e. The minimum atomic E-state index is -4.45. The van der Waals surface area contributed by atoms with E-state index in [9.17, 15) is 13.5 Å². The number of benzene rings is 2. The van der Waals surface area contributed by atoms with Crippen LogP contribution in [0.15, 0.2) is 47.4 Å². The van der Waals surface area contributed by atoms with Crippen LogP contribution in [0.25, 0.3) is 0 Å². The van der Waals surface area contributed by atoms with Gasteiger partial charge in [0, 0.05) is 6.07 Å². The Balaban J connectivity index is 0.00000338. The summed E-state index contributed by atoms with van der Waals surface area (Å²) in [6.45, 7) is 2.19. The first-order valence-corrected chi connectivity index (χ1v) is 9.89. The predicted molar refractivity (Wildman–Crippen MR) is 94.7 cm³/mol. The van der Waals surface area contributed by atoms with Crippen molar-refractivity contribution in [1.82, 2.24) is 0 Å². The smallest absolute Gasteiger partial charge is 0.872 e. The van der Waals surface area contributed by atoms with E-state index in [4.69, 9.17) is 9.29 Å². The van der Waals surface area contributed by atoms with E-state index in [0.717, 1.165) is 30.5 Å². The summed E-state index contributed by atoms with van der Waals surface area (Å²) in [5.41, 5.74) is 1.13. The molecule has 1 N–H and O–H groups in total. The first-order valence-electron chi connectivity index (χ1n) is 8.45. The van der Waals surface area contributed by atoms with Crippen LogP contribution in [0.2, 0.25) is 0 Å². The summed E-state index contributed by atoms with van der Waals surface area (Å²) in [5.74, 6) is 0.0652. The molecule has 2 aromatic carbocycles. The largest absolute Gasteiger partial charge is 1.00 e. The topological polar surface area (TPSA) is 86.7 Å². The van der Waals surface area contributed by atoms with Gasteiger partial charge in [0.1, 0.15) is 11.5 Å². The fraction of sp³-hybridized carbons (Fsp3) is 0.368. The fourth-order valence-corrected chi connectivity index (χ4v) is 3.12. The van der Waals surface area contributed by atoms with E-state index in [1.165, 1.54) is 31.7 Å². The molecule has 0 aliphatic carbocycles. The van der Waals surface area contributed by atoms with E-state index in [-0.39, 0.29) is 57.1 Å². The van der Waals surface area contributed by atoms with Crippen LogP contribution in [-0.2, 0) is 16.5 Å². The van der Waals surface area contributed by atoms with Gasteiger partial charge in [-0.1, -0.05) is 44.7 Å². The molecule has 0 atom stereocenters. The number of unbranched alkanes of at least 4 members (excludes halogenated alkanes) is 4. The van der Waals surface area contributed by atoms with E-state index in [0.29, 0.717) is 5.75 Å². The van der Waals surface area contributed by atoms with Crippen LogP contribution in [0.5, 0.6) is 17.2 Å². The molecule has 0 radical (unpaired) electrons. The fourth-order valence-electron chi connectivity index (χ4n) is 2.59. The van der Waals surface area contributed by atoms with Gasteiger partial charge >= 0.3 is 51.4 Å². The number of ether oxygens (including phenoxy) is 1. The van der Waals surface area contributed by atoms with Gasteiger partial charge in [-0.3, -0.25) is 4.55 Å². The summed E-state index contributed by atoms with van der Waals surface area (Å²) in [4.78, 5) is -0.470. The van der Waals surface area contributed by atoms with E-state index < -0.39 is 20.8 Å². The number of rotatable bonds is 9. The molecule has 0 bridgehead atoms. The van der Waals surface area contributed by atoms with Gasteiger partial charge in [-0.2, -0.15) is 8.42 Å². The van der Waals surface area contributed by atoms with Gasteiger partial charge in [-0.25, -0.2) is 0 Å². The molecule has 7 heteroatoms. The Labute approximate surface area is 198 Å². The van der Waals surface area contributed by atoms with Crippen LogP contribution in [0.1, 0.15) is 44.6 Å². The van der Waals surface area contributed by atoms with Crippen LogP contribution in [0, 0.1) is 0 Å². The molecular weight excluding hydrogens is 379 g/mol. The van der Waals surface area contributed by atoms with Crippen molar-refractivity contribution in [3.8, 4) is 17.2 Å². The summed E-state index contributed by atoms with van der Waals surface area (Å²) >= 11 is 0. The minimum absolute atomic E-state index is 0. The standard InChI is InChI=1S/C19H24O5S.K/c1-2-3-4-5-6-8-15-9-7-10-17(11-15)24-18-12-16(20)13-19(14-18)25(21,22)23;/h7,9-14,20H,2-6,8H2,1H3,(H,21,22,23);/q;+1/p-1. The maximum absolute atomic E-state index is 11.6. The number of hydrogen-bond acceptors (Lipinski definition) is 4. The molecule has 136 valence electrons. The molecular formula is C19H23KO5S. The summed E-state index contributed by atoms with van der Waals surface area (Å²) in [5, 5.41) is 11.6. The zero-order chi connectivity index (χ0) is 18.3. The molecule has 0 amide bonds. The van der Waals surface area contributed by atoms with Crippen LogP contribution < -0.4 is 61.2 Å². The van der Waals surface area contributed by atoms with Gasteiger partial charge in [0.25, 0.3) is 10.1 Å². The van der Waals surface area contributed by atoms with Crippen molar-refractivity contribution >= 4 is 10.1 Å². The van der Waals surface area contributed by atoms with Crippen molar-refractivity contribution in [3.05, 3.63) is 48.0 Å². The van der Waals surface area contributed by atoms with Gasteiger partial charge in [0.2, 0.25) is 0 Å². The Hall–Kier alpha value is -0.414. The molecule has 0 saturated heterocycles. The van der Waals surface area contributed by atoms with Crippen molar-refractivity contribution in [1.29, 1.82) is 0 Å². The predicted octanol–water partition coefficient (Wildman–Crippen LogP) is 1.32. The molecule has 0 aromatic heterocycles. The average Bonchev–Trinajstić information content (AvgIpc) is 2.54. The zero-order valence-electron chi connectivity index (χ0n) is 15.3. The van der Waals surface area contributed by atoms with Gasteiger partial charge in [0.15, 0.2) is 0 Å². The van der Waals surface area contributed by atoms with Crippen molar-refractivity contribution in [2.75, 3.05) is 0 Å². The maximum Gasteiger partial charge on any atom is 1.00 e. The van der Waals surface area contributed by atoms with Gasteiger partial charge in [0.05, 0.1) is 4.90 Å². The van der Waals surface area contributed by atoms with E-state index >= 15 is 0 Å². The van der Waals surface area contributed by atoms with E-state index in [2.05, 4.69) is 6.92 Å². The second kappa shape index (κ2) is 11.4. The Bertz CT molecular complexity index is 805. The SMILES string of the molecule is CCCCCCCc1cccc(Oc2cc([O-])cc(S(=O)(=O)O)c2)c1.[K+]. The first-order chi connectivity index (χ1) is 11.9. The van der Waals surface area contributed by atoms with Gasteiger partial charge in [-0.05, 0) is 42.7 Å². The molecule has 0 aliphatic heterocycles. The third-order valence-corrected chi connectivity index (χ3v) is 4.69. The first kappa shape index (κ1) is 23.6. The van der Waals surface area contributed by atoms with E-state index in [1.54, 1.807) is 6.07 Å². The second-order valence-corrected chi connectivity index (χ2v) is 7.45. The second-order valence-electron chi connectivity index (χ2n) is 6.03. The number of hydrogen-bond donors (Lipinski definition) is 1. The molecule has 0 aliphatic rings. The van der Waals surface area contributed by atoms with Crippen LogP contribution >= 0.6 is 0 Å². The average molecular weight is 403 g/mol. The van der Waals surface area contributed by atoms with Gasteiger partial charge in [-0.15, -0.1) is 5.75 Å². The molecule has 0 spiro atoms. The molecule has 2 rings (SSSR count). The summed E-state index contributed by atoms with van der Waals surface area (Å²) < 4.78 is 37.1. The zero-order valence-corrected chi connectivity index (χ0v) is 19.2. The Kier molecular flexibility index (Phi) is 10.4. The van der Waals surface area contributed by atoms with Crippen molar-refractivity contribution < 1.29 is 74.2 Å². The Morgan fingerprint density at radius 1 is 1.00 bits per heavy atom. The van der Waals surface area contributed by atoms with Crippen LogP contribution in [0.3, 0.4) is 0 Å². The van der Waals surface area contributed by atoms with Crippen LogP contribution in [0.4, 0.5) is 0 Å². The Morgan fingerprint density at radius 2 is 1.73 bits per heavy atom. The summed E-state index contributed by atoms with van der Waals surface area (Å²) in [7, 11) is -4.45. The monoisotopic (exact) mass is 402 g/mol. The third kappa shape index (κ3) is 8.08. The summed E-state index contributed by atoms with van der Waals surface area (Å²) in [6.07, 6.45) is 6.94. The molecule has 2 aromatic rings. The van der Waals surface area contributed by atoms with Gasteiger partial charge < -0.3 is 9.84 Å². The van der Waals surface area contributed by atoms with E-state index in [1.807, 2.05) is 18.2 Å². The quantitative estimate of drug-likeness (QED) is 0.388. The molecule has 5 nitrogen and oxygen atoms in total. The Morgan fingerprint density at radius 3 is 2.42 bits per heavy atom. The third-order valence-electron chi connectivity index (χ3n) is 3.85. The molecule has 0 fully saturated rings. The molecule has 0 heterocycles. The molecule has 0 saturated carbocycles. The molecule has 0 unspecified atom stereocenters. The van der Waals surface area contributed by atoms with Crippen LogP contribution in [-0.4, -0.2) is 13.0 Å². The van der Waals surface area contributed by atoms with Crippen molar-refractivity contribution in [2.24, 2.45) is 0 Å². The summed E-state index contributed by atoms with van der Waals surface area (Å²) in [6, 6.07) is 10.7. The van der Waals surface area contributed by atoms with Crippen molar-refractivity contribution in [2.45, 2.75) is 50.3 Å². The number of aryl methyl sites for hydroxylation is 1. The molecule has 26 heavy (non-hydrogen) atoms. The normalized spacial score (nSPS) is 11.0. The maximum atomic E-state index is 11.6.